The molecule has 17 heteroatoms. The van der Waals surface area contributed by atoms with Crippen molar-refractivity contribution < 1.29 is 41.2 Å². The lowest BCUT2D eigenvalue weighted by Gasteiger charge is -2.10. The molecule has 4 rings (SSSR count). The highest BCUT2D eigenvalue weighted by molar-refractivity contribution is 7.89. The molecule has 0 aliphatic rings. The number of nitrogens with zero attached hydrogens (tertiary/aromatic N) is 4. The molecule has 6 N–H and O–H groups in total. The minimum atomic E-state index is -5.03. The fraction of sp³-hybridized carbons (Fsp3) is 0.0769. The predicted octanol–water partition coefficient (Wildman–Crippen LogP) is 4.24. The standard InChI is InChI=1S/C26H22N6O9S2/c1-14(33)23(26(36)28-16-5-3-2-4-6-16)31-29-17-7-9-19-15(11-17)12-22(43(39,40)41)24(25(19)35)32-30-20-13-18(42(27,37)38)8-10-21(20)34/h2-13,23,34-35H,1H3,(H,28,36)(H2,27,37,38)(H,39,40,41). The van der Waals surface area contributed by atoms with E-state index in [0.717, 1.165) is 31.2 Å². The number of para-hydroxylation sites is 1. The topological polar surface area (TPSA) is 251 Å². The van der Waals surface area contributed by atoms with Gasteiger partial charge in [-0.05, 0) is 66.9 Å². The van der Waals surface area contributed by atoms with E-state index in [9.17, 15) is 41.2 Å². The molecular formula is C26H22N6O9S2. The Morgan fingerprint density at radius 1 is 0.884 bits per heavy atom. The Bertz CT molecular complexity index is 2030. The highest BCUT2D eigenvalue weighted by atomic mass is 32.2. The number of carbonyl (C=O) groups is 2. The number of hydrogen-bond donors (Lipinski definition) is 5. The monoisotopic (exact) mass is 626 g/mol. The minimum Gasteiger partial charge on any atom is -0.506 e. The number of anilines is 1. The number of nitrogens with two attached hydrogens (primary N) is 1. The summed E-state index contributed by atoms with van der Waals surface area (Å²) < 4.78 is 57.5. The fourth-order valence-electron chi connectivity index (χ4n) is 3.73. The van der Waals surface area contributed by atoms with Gasteiger partial charge in [0.1, 0.15) is 22.0 Å². The summed E-state index contributed by atoms with van der Waals surface area (Å²) in [6, 6.07) is 14.6. The van der Waals surface area contributed by atoms with Gasteiger partial charge < -0.3 is 15.5 Å². The second-order valence-electron chi connectivity index (χ2n) is 8.93. The Morgan fingerprint density at radius 3 is 2.21 bits per heavy atom. The molecule has 0 spiro atoms. The van der Waals surface area contributed by atoms with Gasteiger partial charge in [-0.25, -0.2) is 13.6 Å². The van der Waals surface area contributed by atoms with E-state index in [1.807, 2.05) is 0 Å². The number of sulfonamides is 1. The van der Waals surface area contributed by atoms with Crippen molar-refractivity contribution in [3.63, 3.8) is 0 Å². The third kappa shape index (κ3) is 7.22. The first-order valence-electron chi connectivity index (χ1n) is 12.0. The molecule has 1 atom stereocenters. The number of phenols is 2. The minimum absolute atomic E-state index is 0.0211. The maximum atomic E-state index is 12.6. The lowest BCUT2D eigenvalue weighted by molar-refractivity contribution is -0.126. The molecule has 0 heterocycles. The van der Waals surface area contributed by atoms with Gasteiger partial charge in [0.2, 0.25) is 16.1 Å². The van der Waals surface area contributed by atoms with Crippen LogP contribution in [-0.4, -0.2) is 49.3 Å². The lowest BCUT2D eigenvalue weighted by atomic mass is 10.1. The highest BCUT2D eigenvalue weighted by Crippen LogP contribution is 2.43. The van der Waals surface area contributed by atoms with Crippen LogP contribution < -0.4 is 10.5 Å². The zero-order chi connectivity index (χ0) is 31.5. The number of ketones is 1. The average Bonchev–Trinajstić information content (AvgIpc) is 2.92. The normalized spacial score (nSPS) is 13.0. The summed E-state index contributed by atoms with van der Waals surface area (Å²) >= 11 is 0. The van der Waals surface area contributed by atoms with Crippen molar-refractivity contribution in [3.8, 4) is 11.5 Å². The first-order valence-corrected chi connectivity index (χ1v) is 15.0. The van der Waals surface area contributed by atoms with Crippen molar-refractivity contribution in [2.75, 3.05) is 5.32 Å². The summed E-state index contributed by atoms with van der Waals surface area (Å²) in [7, 11) is -9.22. The fourth-order valence-corrected chi connectivity index (χ4v) is 4.92. The van der Waals surface area contributed by atoms with Crippen molar-refractivity contribution in [1.29, 1.82) is 0 Å². The molecule has 0 aliphatic carbocycles. The van der Waals surface area contributed by atoms with E-state index in [1.165, 1.54) is 18.2 Å². The SMILES string of the molecule is CC(=O)C(N=Nc1ccc2c(O)c(N=Nc3cc(S(N)(=O)=O)ccc3O)c(S(=O)(=O)O)cc2c1)C(=O)Nc1ccccc1. The van der Waals surface area contributed by atoms with Gasteiger partial charge in [0.05, 0.1) is 10.6 Å². The van der Waals surface area contributed by atoms with Crippen LogP contribution in [0, 0.1) is 0 Å². The molecule has 1 unspecified atom stereocenters. The van der Waals surface area contributed by atoms with E-state index in [1.54, 1.807) is 30.3 Å². The number of nitrogens with one attached hydrogen (secondary N) is 1. The van der Waals surface area contributed by atoms with Crippen LogP contribution in [-0.2, 0) is 29.7 Å². The van der Waals surface area contributed by atoms with Crippen LogP contribution in [0.15, 0.2) is 103 Å². The molecule has 1 amide bonds. The van der Waals surface area contributed by atoms with Gasteiger partial charge in [0.25, 0.3) is 16.0 Å². The summed E-state index contributed by atoms with van der Waals surface area (Å²) in [5, 5.41) is 43.6. The number of amides is 1. The maximum absolute atomic E-state index is 12.6. The van der Waals surface area contributed by atoms with Crippen molar-refractivity contribution >= 4 is 65.4 Å². The van der Waals surface area contributed by atoms with Crippen LogP contribution in [0.4, 0.5) is 22.7 Å². The Labute approximate surface area is 244 Å². The first-order chi connectivity index (χ1) is 20.1. The number of aromatic hydroxyl groups is 2. The van der Waals surface area contributed by atoms with E-state index in [4.69, 9.17) is 5.14 Å². The number of primary sulfonamides is 1. The number of Topliss-reactive ketones (excluding diaryl/α,β-unsaturated/α-hetero) is 1. The number of phenolic OH excluding ortho intramolecular Hbond substituents is 2. The quantitative estimate of drug-likeness (QED) is 0.101. The maximum Gasteiger partial charge on any atom is 0.296 e. The van der Waals surface area contributed by atoms with Crippen LogP contribution in [0.2, 0.25) is 0 Å². The van der Waals surface area contributed by atoms with Gasteiger partial charge in [-0.2, -0.15) is 18.6 Å². The molecule has 0 saturated carbocycles. The second-order valence-corrected chi connectivity index (χ2v) is 11.9. The Morgan fingerprint density at radius 2 is 1.58 bits per heavy atom. The second kappa shape index (κ2) is 12.0. The molecule has 4 aromatic rings. The summed E-state index contributed by atoms with van der Waals surface area (Å²) in [6.07, 6.45) is 0. The number of fused-ring (bicyclic) bond motifs is 1. The third-order valence-corrected chi connectivity index (χ3v) is 7.59. The van der Waals surface area contributed by atoms with Crippen molar-refractivity contribution in [1.82, 2.24) is 0 Å². The summed E-state index contributed by atoms with van der Waals surface area (Å²) in [5.41, 5.74) is -0.655. The number of carbonyl (C=O) groups excluding carboxylic acids is 2. The molecule has 222 valence electrons. The molecule has 15 nitrogen and oxygen atoms in total. The van der Waals surface area contributed by atoms with Crippen LogP contribution in [0.25, 0.3) is 10.8 Å². The van der Waals surface area contributed by atoms with Crippen LogP contribution in [0.5, 0.6) is 11.5 Å². The van der Waals surface area contributed by atoms with Crippen LogP contribution in [0.3, 0.4) is 0 Å². The van der Waals surface area contributed by atoms with Crippen molar-refractivity contribution in [3.05, 3.63) is 72.8 Å². The van der Waals surface area contributed by atoms with Gasteiger partial charge in [0.15, 0.2) is 11.5 Å². The van der Waals surface area contributed by atoms with E-state index in [0.29, 0.717) is 5.69 Å². The molecule has 0 radical (unpaired) electrons. The smallest absolute Gasteiger partial charge is 0.296 e. The molecule has 0 fully saturated rings. The summed E-state index contributed by atoms with van der Waals surface area (Å²) in [6.45, 7) is 1.16. The van der Waals surface area contributed by atoms with E-state index in [-0.39, 0.29) is 16.5 Å². The molecule has 0 aromatic heterocycles. The number of rotatable bonds is 9. The number of benzene rings is 4. The Kier molecular flexibility index (Phi) is 8.62. The molecule has 0 saturated heterocycles. The van der Waals surface area contributed by atoms with E-state index in [2.05, 4.69) is 25.8 Å². The largest absolute Gasteiger partial charge is 0.506 e. The molecule has 0 bridgehead atoms. The molecule has 4 aromatic carbocycles. The third-order valence-electron chi connectivity index (χ3n) is 5.81. The number of azo groups is 2. The molecular weight excluding hydrogens is 604 g/mol. The van der Waals surface area contributed by atoms with Crippen molar-refractivity contribution in [2.24, 2.45) is 25.6 Å². The lowest BCUT2D eigenvalue weighted by Crippen LogP contribution is -2.31. The van der Waals surface area contributed by atoms with Gasteiger partial charge in [-0.15, -0.1) is 10.2 Å². The number of hydrogen-bond acceptors (Lipinski definition) is 12. The van der Waals surface area contributed by atoms with Gasteiger partial charge in [-0.1, -0.05) is 18.2 Å². The summed E-state index contributed by atoms with van der Waals surface area (Å²) in [5.74, 6) is -2.62. The van der Waals surface area contributed by atoms with Gasteiger partial charge in [0, 0.05) is 11.1 Å². The van der Waals surface area contributed by atoms with Crippen LogP contribution >= 0.6 is 0 Å². The summed E-state index contributed by atoms with van der Waals surface area (Å²) in [4.78, 5) is 23.4. The van der Waals surface area contributed by atoms with Crippen LogP contribution in [0.1, 0.15) is 6.92 Å². The Balaban J connectivity index is 1.73. The average molecular weight is 627 g/mol. The molecule has 0 aliphatic heterocycles. The van der Waals surface area contributed by atoms with Gasteiger partial charge in [-0.3, -0.25) is 14.1 Å². The first kappa shape index (κ1) is 30.8. The highest BCUT2D eigenvalue weighted by Gasteiger charge is 2.24. The van der Waals surface area contributed by atoms with E-state index < -0.39 is 70.5 Å². The molecule has 43 heavy (non-hydrogen) atoms. The Hall–Kier alpha value is -5.10. The predicted molar refractivity (Wildman–Crippen MR) is 153 cm³/mol. The zero-order valence-corrected chi connectivity index (χ0v) is 23.6. The van der Waals surface area contributed by atoms with Crippen molar-refractivity contribution in [2.45, 2.75) is 22.8 Å². The zero-order valence-electron chi connectivity index (χ0n) is 22.0. The van der Waals surface area contributed by atoms with Gasteiger partial charge >= 0.3 is 0 Å². The van der Waals surface area contributed by atoms with E-state index >= 15 is 0 Å².